The average Bonchev–Trinajstić information content (AvgIpc) is 3.01. The number of fused-ring (bicyclic) bond motifs is 1. The van der Waals surface area contributed by atoms with Gasteiger partial charge in [0.05, 0.1) is 13.2 Å². The second-order valence-electron chi connectivity index (χ2n) is 7.21. The van der Waals surface area contributed by atoms with E-state index < -0.39 is 11.2 Å². The van der Waals surface area contributed by atoms with Crippen LogP contribution in [0.5, 0.6) is 5.75 Å². The number of benzene rings is 1. The second kappa shape index (κ2) is 6.43. The Balaban J connectivity index is 2.02. The smallest absolute Gasteiger partial charge is 0.410 e. The molecule has 0 saturated carbocycles. The summed E-state index contributed by atoms with van der Waals surface area (Å²) < 4.78 is 16.0. The van der Waals surface area contributed by atoms with Gasteiger partial charge in [0.15, 0.2) is 0 Å². The number of carbonyl (C=O) groups is 1. The minimum atomic E-state index is -0.560. The van der Waals surface area contributed by atoms with Crippen molar-refractivity contribution < 1.29 is 18.7 Å². The molecular formula is C19H23NO5. The molecule has 0 radical (unpaired) electrons. The van der Waals surface area contributed by atoms with Crippen LogP contribution in [0.3, 0.4) is 0 Å². The van der Waals surface area contributed by atoms with Crippen LogP contribution >= 0.6 is 0 Å². The highest BCUT2D eigenvalue weighted by atomic mass is 16.6. The number of carbonyl (C=O) groups excluding carboxylic acids is 1. The van der Waals surface area contributed by atoms with Gasteiger partial charge in [0, 0.05) is 24.1 Å². The molecule has 0 aliphatic carbocycles. The molecule has 0 unspecified atom stereocenters. The number of rotatable bonds is 2. The number of ether oxygens (including phenoxy) is 2. The van der Waals surface area contributed by atoms with Crippen LogP contribution in [0.1, 0.15) is 45.2 Å². The third-order valence-electron chi connectivity index (χ3n) is 4.22. The quantitative estimate of drug-likeness (QED) is 0.773. The Morgan fingerprint density at radius 2 is 2.04 bits per heavy atom. The summed E-state index contributed by atoms with van der Waals surface area (Å²) in [5, 5.41) is 0.806. The number of hydrogen-bond donors (Lipinski definition) is 0. The molecule has 2 aromatic rings. The molecule has 1 amide bonds. The Morgan fingerprint density at radius 1 is 1.28 bits per heavy atom. The molecule has 0 bridgehead atoms. The summed E-state index contributed by atoms with van der Waals surface area (Å²) in [6.45, 7) is 6.13. The van der Waals surface area contributed by atoms with Crippen LogP contribution in [0.2, 0.25) is 0 Å². The molecule has 6 heteroatoms. The molecule has 1 saturated heterocycles. The van der Waals surface area contributed by atoms with Gasteiger partial charge in [0.2, 0.25) is 0 Å². The van der Waals surface area contributed by atoms with E-state index in [0.717, 1.165) is 23.8 Å². The van der Waals surface area contributed by atoms with Gasteiger partial charge in [-0.1, -0.05) is 0 Å². The molecule has 1 aromatic heterocycles. The Bertz CT molecular complexity index is 849. The maximum atomic E-state index is 12.5. The minimum Gasteiger partial charge on any atom is -0.497 e. The first-order valence-corrected chi connectivity index (χ1v) is 8.40. The van der Waals surface area contributed by atoms with Crippen molar-refractivity contribution in [3.05, 3.63) is 40.2 Å². The summed E-state index contributed by atoms with van der Waals surface area (Å²) >= 11 is 0. The lowest BCUT2D eigenvalue weighted by molar-refractivity contribution is 0.0225. The van der Waals surface area contributed by atoms with Crippen molar-refractivity contribution in [2.45, 2.75) is 45.3 Å². The Kier molecular flexibility index (Phi) is 4.45. The highest BCUT2D eigenvalue weighted by Crippen LogP contribution is 2.36. The highest BCUT2D eigenvalue weighted by molar-refractivity contribution is 5.83. The number of hydrogen-bond acceptors (Lipinski definition) is 5. The number of amides is 1. The number of likely N-dealkylation sites (tertiary alicyclic amines) is 1. The van der Waals surface area contributed by atoms with E-state index in [1.807, 2.05) is 32.9 Å². The van der Waals surface area contributed by atoms with Crippen molar-refractivity contribution in [1.82, 2.24) is 4.90 Å². The van der Waals surface area contributed by atoms with Gasteiger partial charge in [-0.15, -0.1) is 0 Å². The summed E-state index contributed by atoms with van der Waals surface area (Å²) in [4.78, 5) is 26.3. The van der Waals surface area contributed by atoms with E-state index in [4.69, 9.17) is 13.9 Å². The van der Waals surface area contributed by atoms with Crippen LogP contribution in [0.25, 0.3) is 11.0 Å². The van der Waals surface area contributed by atoms with E-state index in [9.17, 15) is 9.59 Å². The fraction of sp³-hybridized carbons (Fsp3) is 0.474. The van der Waals surface area contributed by atoms with E-state index in [1.165, 1.54) is 6.07 Å². The summed E-state index contributed by atoms with van der Waals surface area (Å²) in [5.41, 5.74) is 0.247. The summed E-state index contributed by atoms with van der Waals surface area (Å²) in [5.74, 6) is 0.614. The predicted octanol–water partition coefficient (Wildman–Crippen LogP) is 3.87. The SMILES string of the molecule is COc1ccc2c([C@@H]3CCCN3C(=O)OC(C)(C)C)cc(=O)oc2c1. The molecule has 134 valence electrons. The number of methoxy groups -OCH3 is 1. The van der Waals surface area contributed by atoms with Crippen LogP contribution in [-0.4, -0.2) is 30.2 Å². The van der Waals surface area contributed by atoms with Gasteiger partial charge in [-0.05, 0) is 51.3 Å². The maximum absolute atomic E-state index is 12.5. The first kappa shape index (κ1) is 17.3. The van der Waals surface area contributed by atoms with Crippen LogP contribution in [0, 0.1) is 0 Å². The van der Waals surface area contributed by atoms with Crippen LogP contribution in [0.15, 0.2) is 33.5 Å². The summed E-state index contributed by atoms with van der Waals surface area (Å²) in [6.07, 6.45) is 1.29. The third kappa shape index (κ3) is 3.62. The molecule has 2 heterocycles. The minimum absolute atomic E-state index is 0.199. The van der Waals surface area contributed by atoms with Gasteiger partial charge in [-0.25, -0.2) is 9.59 Å². The molecule has 25 heavy (non-hydrogen) atoms. The van der Waals surface area contributed by atoms with Crippen molar-refractivity contribution in [2.75, 3.05) is 13.7 Å². The van der Waals surface area contributed by atoms with Crippen LogP contribution in [0.4, 0.5) is 4.79 Å². The lowest BCUT2D eigenvalue weighted by Gasteiger charge is -2.29. The molecule has 1 aliphatic heterocycles. The van der Waals surface area contributed by atoms with E-state index in [1.54, 1.807) is 18.1 Å². The van der Waals surface area contributed by atoms with E-state index in [0.29, 0.717) is 17.9 Å². The highest BCUT2D eigenvalue weighted by Gasteiger charge is 2.34. The Hall–Kier alpha value is -2.50. The van der Waals surface area contributed by atoms with Gasteiger partial charge in [-0.3, -0.25) is 0 Å². The molecule has 1 aliphatic rings. The molecule has 3 rings (SSSR count). The summed E-state index contributed by atoms with van der Waals surface area (Å²) in [6, 6.07) is 6.64. The topological polar surface area (TPSA) is 69.0 Å². The van der Waals surface area contributed by atoms with E-state index in [2.05, 4.69) is 0 Å². The van der Waals surface area contributed by atoms with E-state index in [-0.39, 0.29) is 12.1 Å². The van der Waals surface area contributed by atoms with Gasteiger partial charge in [0.1, 0.15) is 16.9 Å². The molecule has 6 nitrogen and oxygen atoms in total. The van der Waals surface area contributed by atoms with Gasteiger partial charge < -0.3 is 18.8 Å². The second-order valence-corrected chi connectivity index (χ2v) is 7.21. The first-order valence-electron chi connectivity index (χ1n) is 8.40. The standard InChI is InChI=1S/C19H23NO5/c1-19(2,3)25-18(22)20-9-5-6-15(20)14-11-17(21)24-16-10-12(23-4)7-8-13(14)16/h7-8,10-11,15H,5-6,9H2,1-4H3/t15-/m0/s1. The fourth-order valence-electron chi connectivity index (χ4n) is 3.20. The fourth-order valence-corrected chi connectivity index (χ4v) is 3.20. The average molecular weight is 345 g/mol. The molecule has 1 atom stereocenters. The van der Waals surface area contributed by atoms with Gasteiger partial charge in [0.25, 0.3) is 0 Å². The molecular weight excluding hydrogens is 322 g/mol. The van der Waals surface area contributed by atoms with Gasteiger partial charge >= 0.3 is 11.7 Å². The van der Waals surface area contributed by atoms with Crippen molar-refractivity contribution in [3.8, 4) is 5.75 Å². The largest absolute Gasteiger partial charge is 0.497 e. The zero-order valence-electron chi connectivity index (χ0n) is 15.0. The van der Waals surface area contributed by atoms with Crippen molar-refractivity contribution in [1.29, 1.82) is 0 Å². The zero-order chi connectivity index (χ0) is 18.2. The first-order chi connectivity index (χ1) is 11.8. The predicted molar refractivity (Wildman–Crippen MR) is 94.0 cm³/mol. The molecule has 1 aromatic carbocycles. The summed E-state index contributed by atoms with van der Waals surface area (Å²) in [7, 11) is 1.56. The maximum Gasteiger partial charge on any atom is 0.410 e. The molecule has 0 N–H and O–H groups in total. The normalized spacial score (nSPS) is 17.8. The molecule has 0 spiro atoms. The zero-order valence-corrected chi connectivity index (χ0v) is 15.0. The Morgan fingerprint density at radius 3 is 2.72 bits per heavy atom. The number of nitrogens with zero attached hydrogens (tertiary/aromatic N) is 1. The third-order valence-corrected chi connectivity index (χ3v) is 4.22. The molecule has 1 fully saturated rings. The van der Waals surface area contributed by atoms with Crippen molar-refractivity contribution in [3.63, 3.8) is 0 Å². The lowest BCUT2D eigenvalue weighted by atomic mass is 10.0. The van der Waals surface area contributed by atoms with Crippen molar-refractivity contribution >= 4 is 17.1 Å². The van der Waals surface area contributed by atoms with Gasteiger partial charge in [-0.2, -0.15) is 0 Å². The van der Waals surface area contributed by atoms with Crippen molar-refractivity contribution in [2.24, 2.45) is 0 Å². The lowest BCUT2D eigenvalue weighted by Crippen LogP contribution is -2.36. The van der Waals surface area contributed by atoms with Crippen LogP contribution in [-0.2, 0) is 4.74 Å². The monoisotopic (exact) mass is 345 g/mol. The van der Waals surface area contributed by atoms with E-state index >= 15 is 0 Å². The Labute approximate surface area is 146 Å². The van der Waals surface area contributed by atoms with Crippen LogP contribution < -0.4 is 10.4 Å².